The van der Waals surface area contributed by atoms with Gasteiger partial charge in [0.05, 0.1) is 0 Å². The molecule has 2 aromatic rings. The van der Waals surface area contributed by atoms with E-state index in [-0.39, 0.29) is 5.03 Å². The number of primary sulfonamides is 1. The Morgan fingerprint density at radius 3 is 2.79 bits per heavy atom. The highest BCUT2D eigenvalue weighted by molar-refractivity contribution is 7.89. The third kappa shape index (κ3) is 2.17. The number of aryl methyl sites for hydroxylation is 1. The van der Waals surface area contributed by atoms with Crippen LogP contribution in [0.5, 0.6) is 0 Å². The van der Waals surface area contributed by atoms with Crippen LogP contribution in [0.3, 0.4) is 0 Å². The smallest absolute Gasteiger partial charge is 0.257 e. The van der Waals surface area contributed by atoms with Crippen LogP contribution in [0.2, 0.25) is 0 Å². The van der Waals surface area contributed by atoms with Gasteiger partial charge in [-0.15, -0.1) is 0 Å². The van der Waals surface area contributed by atoms with Crippen LogP contribution in [0.15, 0.2) is 35.5 Å². The molecule has 0 spiro atoms. The number of aromatic nitrogens is 2. The van der Waals surface area contributed by atoms with Gasteiger partial charge < -0.3 is 4.57 Å². The van der Waals surface area contributed by atoms with Gasteiger partial charge in [0, 0.05) is 18.7 Å². The van der Waals surface area contributed by atoms with E-state index in [2.05, 4.69) is 17.1 Å². The van der Waals surface area contributed by atoms with Crippen molar-refractivity contribution in [3.8, 4) is 0 Å². The summed E-state index contributed by atoms with van der Waals surface area (Å²) in [6.45, 7) is 2.53. The molecule has 1 unspecified atom stereocenters. The van der Waals surface area contributed by atoms with E-state index >= 15 is 0 Å². The molecular weight excluding hydrogens is 262 g/mol. The largest absolute Gasteiger partial charge is 0.333 e. The zero-order valence-corrected chi connectivity index (χ0v) is 11.4. The standard InChI is InChI=1S/C13H15N3O2S/c1-9-15-13(19(14,17)18)8-16(9)7-11-6-10-4-2-3-5-12(10)11/h2-5,8,11H,6-7H2,1H3,(H2,14,17,18). The minimum absolute atomic E-state index is 0.0578. The predicted molar refractivity (Wildman–Crippen MR) is 71.2 cm³/mol. The molecule has 3 rings (SSSR count). The number of fused-ring (bicyclic) bond motifs is 1. The van der Waals surface area contributed by atoms with Crippen LogP contribution in [-0.4, -0.2) is 18.0 Å². The van der Waals surface area contributed by atoms with E-state index in [0.29, 0.717) is 11.7 Å². The molecule has 1 aromatic heterocycles. The van der Waals surface area contributed by atoms with Gasteiger partial charge in [0.25, 0.3) is 10.0 Å². The third-order valence-corrected chi connectivity index (χ3v) is 4.40. The first-order chi connectivity index (χ1) is 8.95. The SMILES string of the molecule is Cc1nc(S(N)(=O)=O)cn1CC1Cc2ccccc21. The van der Waals surface area contributed by atoms with Gasteiger partial charge in [-0.3, -0.25) is 0 Å². The van der Waals surface area contributed by atoms with Crippen LogP contribution in [0.25, 0.3) is 0 Å². The van der Waals surface area contributed by atoms with Crippen molar-refractivity contribution in [2.24, 2.45) is 5.14 Å². The first kappa shape index (κ1) is 12.4. The number of rotatable bonds is 3. The average molecular weight is 277 g/mol. The molecule has 0 radical (unpaired) electrons. The van der Waals surface area contributed by atoms with Crippen LogP contribution < -0.4 is 5.14 Å². The van der Waals surface area contributed by atoms with Crippen molar-refractivity contribution in [3.05, 3.63) is 47.4 Å². The maximum absolute atomic E-state index is 11.3. The van der Waals surface area contributed by atoms with Gasteiger partial charge in [-0.05, 0) is 24.5 Å². The summed E-state index contributed by atoms with van der Waals surface area (Å²) in [6, 6.07) is 8.32. The number of nitrogens with two attached hydrogens (primary N) is 1. The lowest BCUT2D eigenvalue weighted by Crippen LogP contribution is -2.22. The molecule has 0 aliphatic heterocycles. The summed E-state index contributed by atoms with van der Waals surface area (Å²) in [4.78, 5) is 4.00. The number of sulfonamides is 1. The molecule has 1 aromatic carbocycles. The maximum Gasteiger partial charge on any atom is 0.257 e. The van der Waals surface area contributed by atoms with E-state index in [9.17, 15) is 8.42 Å². The Morgan fingerprint density at radius 1 is 1.42 bits per heavy atom. The fourth-order valence-electron chi connectivity index (χ4n) is 2.56. The quantitative estimate of drug-likeness (QED) is 0.915. The minimum atomic E-state index is -3.72. The molecule has 1 atom stereocenters. The van der Waals surface area contributed by atoms with Crippen LogP contribution >= 0.6 is 0 Å². The second-order valence-electron chi connectivity index (χ2n) is 4.92. The highest BCUT2D eigenvalue weighted by atomic mass is 32.2. The molecule has 1 heterocycles. The Bertz CT molecular complexity index is 734. The second kappa shape index (κ2) is 4.18. The second-order valence-corrected chi connectivity index (χ2v) is 6.43. The fourth-order valence-corrected chi connectivity index (χ4v) is 3.10. The highest BCUT2D eigenvalue weighted by Crippen LogP contribution is 2.36. The van der Waals surface area contributed by atoms with Gasteiger partial charge in [-0.1, -0.05) is 24.3 Å². The van der Waals surface area contributed by atoms with Crippen molar-refractivity contribution in [2.45, 2.75) is 30.8 Å². The summed E-state index contributed by atoms with van der Waals surface area (Å²) < 4.78 is 24.4. The number of nitrogens with zero attached hydrogens (tertiary/aromatic N) is 2. The van der Waals surface area contributed by atoms with E-state index in [1.54, 1.807) is 6.92 Å². The van der Waals surface area contributed by atoms with Crippen LogP contribution in [0.1, 0.15) is 22.9 Å². The van der Waals surface area contributed by atoms with E-state index in [0.717, 1.165) is 13.0 Å². The Labute approximate surface area is 112 Å². The molecule has 1 aliphatic carbocycles. The van der Waals surface area contributed by atoms with Gasteiger partial charge in [0.2, 0.25) is 0 Å². The Hall–Kier alpha value is -1.66. The van der Waals surface area contributed by atoms with Crippen molar-refractivity contribution in [2.75, 3.05) is 0 Å². The van der Waals surface area contributed by atoms with E-state index < -0.39 is 10.0 Å². The van der Waals surface area contributed by atoms with Crippen molar-refractivity contribution in [3.63, 3.8) is 0 Å². The summed E-state index contributed by atoms with van der Waals surface area (Å²) in [5, 5.41) is 5.03. The van der Waals surface area contributed by atoms with Crippen LogP contribution in [0, 0.1) is 6.92 Å². The van der Waals surface area contributed by atoms with Crippen molar-refractivity contribution in [1.29, 1.82) is 0 Å². The fraction of sp³-hybridized carbons (Fsp3) is 0.308. The van der Waals surface area contributed by atoms with Gasteiger partial charge in [0.15, 0.2) is 5.03 Å². The molecule has 100 valence electrons. The summed E-state index contributed by atoms with van der Waals surface area (Å²) in [5.74, 6) is 1.10. The third-order valence-electron chi connectivity index (χ3n) is 3.62. The molecule has 0 saturated carbocycles. The zero-order valence-electron chi connectivity index (χ0n) is 10.6. The predicted octanol–water partition coefficient (Wildman–Crippen LogP) is 1.18. The molecule has 5 nitrogen and oxygen atoms in total. The monoisotopic (exact) mass is 277 g/mol. The van der Waals surface area contributed by atoms with Gasteiger partial charge in [0.1, 0.15) is 5.82 Å². The average Bonchev–Trinajstić information content (AvgIpc) is 2.68. The summed E-state index contributed by atoms with van der Waals surface area (Å²) in [6.07, 6.45) is 2.55. The Morgan fingerprint density at radius 2 is 2.16 bits per heavy atom. The minimum Gasteiger partial charge on any atom is -0.333 e. The van der Waals surface area contributed by atoms with Gasteiger partial charge >= 0.3 is 0 Å². The molecule has 6 heteroatoms. The maximum atomic E-state index is 11.3. The Kier molecular flexibility index (Phi) is 2.72. The first-order valence-electron chi connectivity index (χ1n) is 6.09. The van der Waals surface area contributed by atoms with Crippen LogP contribution in [-0.2, 0) is 23.0 Å². The van der Waals surface area contributed by atoms with Gasteiger partial charge in [-0.25, -0.2) is 18.5 Å². The lowest BCUT2D eigenvalue weighted by molar-refractivity contribution is 0.500. The van der Waals surface area contributed by atoms with E-state index in [1.165, 1.54) is 17.3 Å². The topological polar surface area (TPSA) is 78.0 Å². The molecule has 0 amide bonds. The summed E-state index contributed by atoms with van der Waals surface area (Å²) >= 11 is 0. The Balaban J connectivity index is 1.85. The number of benzene rings is 1. The summed E-state index contributed by atoms with van der Waals surface area (Å²) in [7, 11) is -3.72. The molecule has 1 aliphatic rings. The zero-order chi connectivity index (χ0) is 13.6. The van der Waals surface area contributed by atoms with Crippen LogP contribution in [0.4, 0.5) is 0 Å². The molecule has 0 saturated heterocycles. The first-order valence-corrected chi connectivity index (χ1v) is 7.64. The van der Waals surface area contributed by atoms with E-state index in [1.807, 2.05) is 16.7 Å². The van der Waals surface area contributed by atoms with Crippen molar-refractivity contribution in [1.82, 2.24) is 9.55 Å². The number of hydrogen-bond acceptors (Lipinski definition) is 3. The molecule has 2 N–H and O–H groups in total. The molecule has 19 heavy (non-hydrogen) atoms. The van der Waals surface area contributed by atoms with E-state index in [4.69, 9.17) is 5.14 Å². The van der Waals surface area contributed by atoms with Gasteiger partial charge in [-0.2, -0.15) is 0 Å². The molecule has 0 fully saturated rings. The van der Waals surface area contributed by atoms with Crippen molar-refractivity contribution >= 4 is 10.0 Å². The number of hydrogen-bond donors (Lipinski definition) is 1. The normalized spacial score (nSPS) is 17.9. The highest BCUT2D eigenvalue weighted by Gasteiger charge is 2.26. The lowest BCUT2D eigenvalue weighted by Gasteiger charge is -2.30. The lowest BCUT2D eigenvalue weighted by atomic mass is 9.77. The number of imidazole rings is 1. The summed E-state index contributed by atoms with van der Waals surface area (Å²) in [5.41, 5.74) is 2.71. The van der Waals surface area contributed by atoms with Crippen molar-refractivity contribution < 1.29 is 8.42 Å². The molecular formula is C13H15N3O2S. The molecule has 0 bridgehead atoms.